The van der Waals surface area contributed by atoms with Crippen LogP contribution < -0.4 is 0 Å². The van der Waals surface area contributed by atoms with E-state index < -0.39 is 11.5 Å². The number of alkyl halides is 2. The summed E-state index contributed by atoms with van der Waals surface area (Å²) in [5.74, 6) is -3.19. The molecule has 3 heteroatoms. The number of aliphatic hydroxyl groups is 1. The first-order chi connectivity index (χ1) is 5.37. The van der Waals surface area contributed by atoms with Crippen molar-refractivity contribution in [3.05, 3.63) is 19.1 Å². The smallest absolute Gasteiger partial charge is 0.294 e. The lowest BCUT2D eigenvalue weighted by Crippen LogP contribution is -2.43. The lowest BCUT2D eigenvalue weighted by atomic mass is 9.94. The summed E-state index contributed by atoms with van der Waals surface area (Å²) in [6.07, 6.45) is 2.39. The molecule has 0 bridgehead atoms. The normalized spacial score (nSPS) is 18.2. The van der Waals surface area contributed by atoms with Crippen LogP contribution >= 0.6 is 0 Å². The van der Waals surface area contributed by atoms with Gasteiger partial charge < -0.3 is 5.11 Å². The monoisotopic (exact) mass is 177 g/mol. The predicted octanol–water partition coefficient (Wildman–Crippen LogP) is 2.56. The molecule has 0 amide bonds. The van der Waals surface area contributed by atoms with Crippen molar-refractivity contribution in [1.82, 2.24) is 0 Å². The number of rotatable bonds is 4. The fraction of sp³-hybridized carbons (Fsp3) is 0.667. The first-order valence-electron chi connectivity index (χ1n) is 3.94. The van der Waals surface area contributed by atoms with Crippen LogP contribution in [-0.4, -0.2) is 16.6 Å². The lowest BCUT2D eigenvalue weighted by Gasteiger charge is -2.29. The molecule has 0 aromatic carbocycles. The Kier molecular flexibility index (Phi) is 3.84. The number of hydrogen-bond acceptors (Lipinski definition) is 1. The zero-order chi connectivity index (χ0) is 9.83. The summed E-state index contributed by atoms with van der Waals surface area (Å²) in [6.45, 7) is 6.11. The molecular formula is C9H15F2O. The van der Waals surface area contributed by atoms with E-state index in [4.69, 9.17) is 0 Å². The third-order valence-electron chi connectivity index (χ3n) is 1.77. The highest BCUT2D eigenvalue weighted by Crippen LogP contribution is 2.32. The summed E-state index contributed by atoms with van der Waals surface area (Å²) in [5.41, 5.74) is -2.04. The van der Waals surface area contributed by atoms with Gasteiger partial charge in [0.05, 0.1) is 0 Å². The molecule has 71 valence electrons. The van der Waals surface area contributed by atoms with Crippen LogP contribution in [0, 0.1) is 6.92 Å². The van der Waals surface area contributed by atoms with Crippen molar-refractivity contribution in [1.29, 1.82) is 0 Å². The quantitative estimate of drug-likeness (QED) is 0.654. The van der Waals surface area contributed by atoms with Crippen LogP contribution in [0.2, 0.25) is 0 Å². The molecule has 1 unspecified atom stereocenters. The van der Waals surface area contributed by atoms with Crippen molar-refractivity contribution in [3.8, 4) is 0 Å². The van der Waals surface area contributed by atoms with Gasteiger partial charge in [-0.1, -0.05) is 19.9 Å². The van der Waals surface area contributed by atoms with Crippen LogP contribution in [0.25, 0.3) is 0 Å². The Labute approximate surface area is 72.1 Å². The van der Waals surface area contributed by atoms with Crippen LogP contribution in [0.3, 0.4) is 0 Å². The molecule has 0 aliphatic heterocycles. The topological polar surface area (TPSA) is 20.2 Å². The van der Waals surface area contributed by atoms with Gasteiger partial charge in [-0.3, -0.25) is 0 Å². The maximum absolute atomic E-state index is 13.0. The van der Waals surface area contributed by atoms with E-state index in [-0.39, 0.29) is 6.42 Å². The summed E-state index contributed by atoms with van der Waals surface area (Å²) in [5, 5.41) is 9.21. The molecule has 0 fully saturated rings. The molecule has 1 N–H and O–H groups in total. The summed E-state index contributed by atoms with van der Waals surface area (Å²) in [4.78, 5) is 0. The van der Waals surface area contributed by atoms with Crippen molar-refractivity contribution < 1.29 is 13.9 Å². The molecule has 1 nitrogen and oxygen atoms in total. The van der Waals surface area contributed by atoms with E-state index in [1.54, 1.807) is 6.92 Å². The van der Waals surface area contributed by atoms with Gasteiger partial charge in [-0.2, -0.15) is 8.78 Å². The molecule has 1 radical (unpaired) electrons. The third kappa shape index (κ3) is 2.55. The minimum Gasteiger partial charge on any atom is -0.384 e. The molecule has 12 heavy (non-hydrogen) atoms. The number of halogens is 2. The van der Waals surface area contributed by atoms with E-state index >= 15 is 0 Å². The maximum Gasteiger partial charge on any atom is 0.294 e. The van der Waals surface area contributed by atoms with Gasteiger partial charge in [0.25, 0.3) is 5.92 Å². The van der Waals surface area contributed by atoms with Crippen LogP contribution in [-0.2, 0) is 0 Å². The second-order valence-corrected chi connectivity index (χ2v) is 2.96. The molecule has 1 atom stereocenters. The van der Waals surface area contributed by atoms with Gasteiger partial charge in [0.15, 0.2) is 0 Å². The Morgan fingerprint density at radius 1 is 1.50 bits per heavy atom. The molecule has 0 aliphatic carbocycles. The fourth-order valence-corrected chi connectivity index (χ4v) is 0.612. The Morgan fingerprint density at radius 3 is 2.33 bits per heavy atom. The molecule has 0 heterocycles. The van der Waals surface area contributed by atoms with Gasteiger partial charge in [0.1, 0.15) is 5.60 Å². The predicted molar refractivity (Wildman–Crippen MR) is 45.0 cm³/mol. The van der Waals surface area contributed by atoms with Crippen molar-refractivity contribution in [3.63, 3.8) is 0 Å². The van der Waals surface area contributed by atoms with Gasteiger partial charge in [0.2, 0.25) is 0 Å². The van der Waals surface area contributed by atoms with E-state index in [9.17, 15) is 13.9 Å². The Morgan fingerprint density at radius 2 is 2.00 bits per heavy atom. The highest BCUT2D eigenvalue weighted by atomic mass is 19.3. The van der Waals surface area contributed by atoms with Gasteiger partial charge in [0, 0.05) is 0 Å². The third-order valence-corrected chi connectivity index (χ3v) is 1.77. The molecule has 0 aliphatic rings. The maximum atomic E-state index is 13.0. The van der Waals surface area contributed by atoms with Gasteiger partial charge in [-0.15, -0.1) is 0 Å². The summed E-state index contributed by atoms with van der Waals surface area (Å²) >= 11 is 0. The van der Waals surface area contributed by atoms with Crippen LogP contribution in [0.5, 0.6) is 0 Å². The fourth-order valence-electron chi connectivity index (χ4n) is 0.612. The molecule has 0 rings (SSSR count). The molecule has 0 aromatic rings. The van der Waals surface area contributed by atoms with Crippen LogP contribution in [0.15, 0.2) is 12.2 Å². The average Bonchev–Trinajstić information content (AvgIpc) is 2.00. The number of allylic oxidation sites excluding steroid dienone is 1. The highest BCUT2D eigenvalue weighted by Gasteiger charge is 2.45. The number of hydrogen-bond donors (Lipinski definition) is 1. The average molecular weight is 177 g/mol. The van der Waals surface area contributed by atoms with Gasteiger partial charge in [-0.05, 0) is 25.8 Å². The van der Waals surface area contributed by atoms with Crippen molar-refractivity contribution in [2.24, 2.45) is 0 Å². The van der Waals surface area contributed by atoms with Gasteiger partial charge in [-0.25, -0.2) is 0 Å². The molecule has 0 aromatic heterocycles. The van der Waals surface area contributed by atoms with E-state index in [2.05, 4.69) is 6.92 Å². The second kappa shape index (κ2) is 3.99. The van der Waals surface area contributed by atoms with E-state index in [1.807, 2.05) is 0 Å². The Hall–Kier alpha value is -0.440. The van der Waals surface area contributed by atoms with Crippen LogP contribution in [0.1, 0.15) is 26.7 Å². The van der Waals surface area contributed by atoms with E-state index in [0.717, 1.165) is 13.0 Å². The first kappa shape index (κ1) is 11.6. The second-order valence-electron chi connectivity index (χ2n) is 2.96. The first-order valence-corrected chi connectivity index (χ1v) is 3.94. The van der Waals surface area contributed by atoms with Crippen molar-refractivity contribution in [2.45, 2.75) is 38.2 Å². The summed E-state index contributed by atoms with van der Waals surface area (Å²) in [7, 11) is 0. The summed E-state index contributed by atoms with van der Waals surface area (Å²) < 4.78 is 26.0. The van der Waals surface area contributed by atoms with Crippen molar-refractivity contribution >= 4 is 0 Å². The van der Waals surface area contributed by atoms with Crippen molar-refractivity contribution in [2.75, 3.05) is 0 Å². The Balaban J connectivity index is 4.48. The largest absolute Gasteiger partial charge is 0.384 e. The van der Waals surface area contributed by atoms with Crippen LogP contribution in [0.4, 0.5) is 8.78 Å². The highest BCUT2D eigenvalue weighted by molar-refractivity contribution is 5.05. The SMILES string of the molecule is [CH2]CC(C)(O)C(F)(F)/C=C\CC. The molecule has 0 saturated heterocycles. The minimum absolute atomic E-state index is 0.214. The zero-order valence-corrected chi connectivity index (χ0v) is 7.48. The standard InChI is InChI=1S/C9H15F2O/c1-4-6-7-9(10,11)8(3,12)5-2/h6-7,12H,2,4-5H2,1,3H3/b7-6-. The van der Waals surface area contributed by atoms with Gasteiger partial charge >= 0.3 is 0 Å². The zero-order valence-electron chi connectivity index (χ0n) is 7.48. The summed E-state index contributed by atoms with van der Waals surface area (Å²) in [6, 6.07) is 0. The Bertz CT molecular complexity index is 162. The van der Waals surface area contributed by atoms with E-state index in [0.29, 0.717) is 6.42 Å². The van der Waals surface area contributed by atoms with E-state index in [1.165, 1.54) is 6.08 Å². The minimum atomic E-state index is -3.19. The molecular weight excluding hydrogens is 162 g/mol. The lowest BCUT2D eigenvalue weighted by molar-refractivity contribution is -0.137. The molecule has 0 spiro atoms. The molecule has 0 saturated carbocycles.